The van der Waals surface area contributed by atoms with Crippen molar-refractivity contribution in [3.05, 3.63) is 47.8 Å². The van der Waals surface area contributed by atoms with Crippen LogP contribution in [0.4, 0.5) is 10.1 Å². The maximum absolute atomic E-state index is 14.8. The van der Waals surface area contributed by atoms with Crippen molar-refractivity contribution in [1.29, 1.82) is 0 Å². The van der Waals surface area contributed by atoms with Crippen LogP contribution in [0.25, 0.3) is 0 Å². The lowest BCUT2D eigenvalue weighted by Crippen LogP contribution is -2.48. The number of aliphatic hydroxyl groups is 1. The van der Waals surface area contributed by atoms with Gasteiger partial charge in [-0.2, -0.15) is 0 Å². The number of piperazine rings is 1. The van der Waals surface area contributed by atoms with Gasteiger partial charge in [0.15, 0.2) is 0 Å². The number of benzene rings is 1. The molecule has 0 saturated carbocycles. The number of rotatable bonds is 5. The van der Waals surface area contributed by atoms with Crippen LogP contribution >= 0.6 is 0 Å². The Bertz CT molecular complexity index is 767. The first-order valence-corrected chi connectivity index (χ1v) is 9.62. The smallest absolute Gasteiger partial charge is 0.146 e. The summed E-state index contributed by atoms with van der Waals surface area (Å²) in [4.78, 5) is 8.72. The van der Waals surface area contributed by atoms with Crippen LogP contribution in [0.2, 0.25) is 0 Å². The first kappa shape index (κ1) is 18.4. The van der Waals surface area contributed by atoms with Gasteiger partial charge in [-0.05, 0) is 18.4 Å². The van der Waals surface area contributed by atoms with Crippen LogP contribution in [-0.4, -0.2) is 65.5 Å². The molecular weight excluding hydrogens is 347 g/mol. The molecule has 0 aliphatic carbocycles. The van der Waals surface area contributed by atoms with Crippen molar-refractivity contribution in [3.8, 4) is 0 Å². The van der Waals surface area contributed by atoms with Crippen molar-refractivity contribution in [1.82, 2.24) is 14.5 Å². The van der Waals surface area contributed by atoms with Crippen LogP contribution in [0, 0.1) is 11.7 Å². The minimum Gasteiger partial charge on any atom is -0.381 e. The molecule has 1 aromatic heterocycles. The van der Waals surface area contributed by atoms with Crippen LogP contribution < -0.4 is 4.90 Å². The molecule has 3 heterocycles. The number of nitrogens with zero attached hydrogens (tertiary/aromatic N) is 4. The van der Waals surface area contributed by atoms with Crippen LogP contribution in [0.1, 0.15) is 23.9 Å². The van der Waals surface area contributed by atoms with E-state index in [0.29, 0.717) is 23.0 Å². The molecule has 2 aromatic rings. The molecule has 1 N–H and O–H groups in total. The van der Waals surface area contributed by atoms with E-state index >= 15 is 0 Å². The molecule has 1 aromatic carbocycles. The largest absolute Gasteiger partial charge is 0.381 e. The third kappa shape index (κ3) is 3.85. The van der Waals surface area contributed by atoms with E-state index in [4.69, 9.17) is 4.74 Å². The van der Waals surface area contributed by atoms with Crippen molar-refractivity contribution in [2.45, 2.75) is 12.5 Å². The maximum Gasteiger partial charge on any atom is 0.146 e. The van der Waals surface area contributed by atoms with Gasteiger partial charge in [0.1, 0.15) is 17.7 Å². The highest BCUT2D eigenvalue weighted by molar-refractivity contribution is 5.57. The van der Waals surface area contributed by atoms with E-state index in [0.717, 1.165) is 52.4 Å². The predicted molar refractivity (Wildman–Crippen MR) is 101 cm³/mol. The van der Waals surface area contributed by atoms with Gasteiger partial charge in [-0.3, -0.25) is 4.90 Å². The van der Waals surface area contributed by atoms with Gasteiger partial charge < -0.3 is 19.3 Å². The number of hydrogen-bond acceptors (Lipinski definition) is 5. The normalized spacial score (nSPS) is 22.3. The standard InChI is InChI=1S/C20H27FN4O2/c1-23-7-6-22-20(23)19(26)16-3-2-4-17(21)18(16)25-10-8-24(9-11-25)13-15-5-12-27-14-15/h2-4,6-7,15,19,26H,5,8-14H2,1H3/t15-,19+/m1/s1. The summed E-state index contributed by atoms with van der Waals surface area (Å²) >= 11 is 0. The minimum absolute atomic E-state index is 0.293. The zero-order valence-electron chi connectivity index (χ0n) is 15.7. The molecule has 4 rings (SSSR count). The fraction of sp³-hybridized carbons (Fsp3) is 0.550. The number of para-hydroxylation sites is 1. The van der Waals surface area contributed by atoms with E-state index in [2.05, 4.69) is 14.8 Å². The first-order valence-electron chi connectivity index (χ1n) is 9.62. The fourth-order valence-corrected chi connectivity index (χ4v) is 4.11. The minimum atomic E-state index is -0.954. The Balaban J connectivity index is 1.50. The van der Waals surface area contributed by atoms with Crippen LogP contribution in [-0.2, 0) is 11.8 Å². The third-order valence-electron chi connectivity index (χ3n) is 5.64. The maximum atomic E-state index is 14.8. The van der Waals surface area contributed by atoms with Gasteiger partial charge in [-0.25, -0.2) is 9.37 Å². The Morgan fingerprint density at radius 1 is 1.30 bits per heavy atom. The molecule has 7 heteroatoms. The number of ether oxygens (including phenoxy) is 1. The van der Waals surface area contributed by atoms with Gasteiger partial charge in [0.25, 0.3) is 0 Å². The number of aromatic nitrogens is 2. The Labute approximate surface area is 159 Å². The van der Waals surface area contributed by atoms with Gasteiger partial charge in [0.05, 0.1) is 12.3 Å². The Morgan fingerprint density at radius 2 is 2.11 bits per heavy atom. The van der Waals surface area contributed by atoms with Gasteiger partial charge >= 0.3 is 0 Å². The second kappa shape index (κ2) is 7.96. The summed E-state index contributed by atoms with van der Waals surface area (Å²) in [6.07, 6.45) is 3.60. The third-order valence-corrected chi connectivity index (χ3v) is 5.64. The summed E-state index contributed by atoms with van der Waals surface area (Å²) in [5.41, 5.74) is 1.07. The summed E-state index contributed by atoms with van der Waals surface area (Å²) in [6, 6.07) is 4.91. The topological polar surface area (TPSA) is 53.8 Å². The van der Waals surface area contributed by atoms with E-state index in [-0.39, 0.29) is 5.82 Å². The van der Waals surface area contributed by atoms with Crippen molar-refractivity contribution in [2.75, 3.05) is 50.8 Å². The quantitative estimate of drug-likeness (QED) is 0.865. The zero-order chi connectivity index (χ0) is 18.8. The number of aryl methyl sites for hydroxylation is 1. The van der Waals surface area contributed by atoms with E-state index in [1.54, 1.807) is 29.1 Å². The van der Waals surface area contributed by atoms with Gasteiger partial charge in [0, 0.05) is 64.3 Å². The fourth-order valence-electron chi connectivity index (χ4n) is 4.11. The molecule has 2 atom stereocenters. The van der Waals surface area contributed by atoms with Gasteiger partial charge in [-0.15, -0.1) is 0 Å². The van der Waals surface area contributed by atoms with Crippen LogP contribution in [0.5, 0.6) is 0 Å². The highest BCUT2D eigenvalue weighted by Gasteiger charge is 2.28. The molecule has 146 valence electrons. The second-order valence-corrected chi connectivity index (χ2v) is 7.49. The average molecular weight is 374 g/mol. The molecular formula is C20H27FN4O2. The summed E-state index contributed by atoms with van der Waals surface area (Å²) in [6.45, 7) is 6.05. The van der Waals surface area contributed by atoms with E-state index in [1.807, 2.05) is 7.05 Å². The highest BCUT2D eigenvalue weighted by Crippen LogP contribution is 2.33. The number of halogens is 1. The lowest BCUT2D eigenvalue weighted by molar-refractivity contribution is 0.164. The Morgan fingerprint density at radius 3 is 2.78 bits per heavy atom. The number of aliphatic hydroxyl groups excluding tert-OH is 1. The summed E-state index contributed by atoms with van der Waals surface area (Å²) in [5.74, 6) is 0.839. The zero-order valence-corrected chi connectivity index (χ0v) is 15.7. The van der Waals surface area contributed by atoms with E-state index in [9.17, 15) is 9.50 Å². The van der Waals surface area contributed by atoms with Crippen molar-refractivity contribution in [3.63, 3.8) is 0 Å². The molecule has 27 heavy (non-hydrogen) atoms. The summed E-state index contributed by atoms with van der Waals surface area (Å²) < 4.78 is 22.0. The Hall–Kier alpha value is -1.96. The molecule has 2 aliphatic heterocycles. The summed E-state index contributed by atoms with van der Waals surface area (Å²) in [7, 11) is 1.83. The van der Waals surface area contributed by atoms with E-state index < -0.39 is 6.10 Å². The molecule has 6 nitrogen and oxygen atoms in total. The van der Waals surface area contributed by atoms with Gasteiger partial charge in [0.2, 0.25) is 0 Å². The molecule has 2 aliphatic rings. The summed E-state index contributed by atoms with van der Waals surface area (Å²) in [5, 5.41) is 10.8. The Kier molecular flexibility index (Phi) is 5.43. The number of imidazole rings is 1. The van der Waals surface area contributed by atoms with Crippen LogP contribution in [0.15, 0.2) is 30.6 Å². The molecule has 2 saturated heterocycles. The molecule has 0 amide bonds. The van der Waals surface area contributed by atoms with E-state index in [1.165, 1.54) is 6.07 Å². The monoisotopic (exact) mass is 374 g/mol. The SMILES string of the molecule is Cn1ccnc1[C@@H](O)c1cccc(F)c1N1CCN(C[C@H]2CCOC2)CC1. The molecule has 0 bridgehead atoms. The molecule has 0 radical (unpaired) electrons. The van der Waals surface area contributed by atoms with Crippen molar-refractivity contribution < 1.29 is 14.2 Å². The average Bonchev–Trinajstić information content (AvgIpc) is 3.33. The lowest BCUT2D eigenvalue weighted by atomic mass is 10.0. The number of anilines is 1. The van der Waals surface area contributed by atoms with Crippen LogP contribution in [0.3, 0.4) is 0 Å². The predicted octanol–water partition coefficient (Wildman–Crippen LogP) is 1.80. The number of hydrogen-bond donors (Lipinski definition) is 1. The second-order valence-electron chi connectivity index (χ2n) is 7.49. The van der Waals surface area contributed by atoms with Gasteiger partial charge in [-0.1, -0.05) is 12.1 Å². The molecule has 2 fully saturated rings. The van der Waals surface area contributed by atoms with Crippen molar-refractivity contribution >= 4 is 5.69 Å². The highest BCUT2D eigenvalue weighted by atomic mass is 19.1. The van der Waals surface area contributed by atoms with Crippen molar-refractivity contribution in [2.24, 2.45) is 13.0 Å². The molecule has 0 spiro atoms. The lowest BCUT2D eigenvalue weighted by Gasteiger charge is -2.38. The first-order chi connectivity index (χ1) is 13.1. The molecule has 0 unspecified atom stereocenters.